The molecule has 0 aromatic heterocycles. The van der Waals surface area contributed by atoms with Gasteiger partial charge in [0.25, 0.3) is 0 Å². The summed E-state index contributed by atoms with van der Waals surface area (Å²) in [6.45, 7) is 9.75. The van der Waals surface area contributed by atoms with Gasteiger partial charge >= 0.3 is 0 Å². The number of hydrogen-bond donors (Lipinski definition) is 0. The van der Waals surface area contributed by atoms with E-state index < -0.39 is 0 Å². The summed E-state index contributed by atoms with van der Waals surface area (Å²) in [7, 11) is 0. The van der Waals surface area contributed by atoms with Crippen molar-refractivity contribution in [1.29, 1.82) is 0 Å². The van der Waals surface area contributed by atoms with Gasteiger partial charge in [-0.3, -0.25) is 20.4 Å². The first-order chi connectivity index (χ1) is 3.00. The molecule has 0 aromatic rings. The molecule has 0 spiro atoms. The normalized spacial score (nSPS) is 1.50. The van der Waals surface area contributed by atoms with Crippen LogP contribution in [0.25, 0.3) is 0 Å². The minimum absolute atomic E-state index is 0. The topological polar surface area (TPSA) is 51.2 Å². The maximum absolute atomic E-state index is 7.75. The van der Waals surface area contributed by atoms with E-state index in [2.05, 4.69) is 20.4 Å². The van der Waals surface area contributed by atoms with Gasteiger partial charge in [0, 0.05) is 20.1 Å². The molecule has 0 N–H and O–H groups in total. The monoisotopic (exact) mass is 295 g/mol. The molecule has 0 aliphatic carbocycles. The average molecular weight is 294 g/mol. The van der Waals surface area contributed by atoms with Crippen LogP contribution in [0.5, 0.6) is 0 Å². The predicted octanol–water partition coefficient (Wildman–Crippen LogP) is -0.375. The molecule has 0 aliphatic heterocycles. The number of carbonyl (C=O) groups excluding carboxylic acids is 3. The average Bonchev–Trinajstić information content (AvgIpc) is 1.81. The van der Waals surface area contributed by atoms with E-state index >= 15 is 0 Å². The first-order valence-electron chi connectivity index (χ1n) is 0.707. The van der Waals surface area contributed by atoms with Crippen LogP contribution in [0.15, 0.2) is 0 Å². The zero-order chi connectivity index (χ0) is 6.00. The van der Waals surface area contributed by atoms with Gasteiger partial charge in [0.2, 0.25) is 0 Å². The van der Waals surface area contributed by atoms with E-state index in [1.54, 1.807) is 0 Å². The van der Waals surface area contributed by atoms with Crippen molar-refractivity contribution in [2.75, 3.05) is 0 Å². The standard InChI is InChI=1S/3CHO.CH3.Ir/c3*1-2;;/h3*1H;1H3;/q4*-1;. The molecule has 0 aromatic carbocycles. The fourth-order valence-corrected chi connectivity index (χ4v) is 0. The molecule has 3 nitrogen and oxygen atoms in total. The van der Waals surface area contributed by atoms with E-state index in [-0.39, 0.29) is 27.5 Å². The van der Waals surface area contributed by atoms with Crippen LogP contribution < -0.4 is 0 Å². The predicted molar refractivity (Wildman–Crippen MR) is 26.7 cm³/mol. The molecular formula is C4H6IrO3-4. The van der Waals surface area contributed by atoms with Crippen LogP contribution in [-0.2, 0) is 34.5 Å². The van der Waals surface area contributed by atoms with Gasteiger partial charge in [-0.1, -0.05) is 0 Å². The molecule has 0 saturated carbocycles. The van der Waals surface area contributed by atoms with Gasteiger partial charge < -0.3 is 21.8 Å². The van der Waals surface area contributed by atoms with Crippen molar-refractivity contribution >= 4 is 20.4 Å². The molecule has 0 fully saturated rings. The van der Waals surface area contributed by atoms with Gasteiger partial charge in [-0.25, -0.2) is 0 Å². The van der Waals surface area contributed by atoms with Gasteiger partial charge in [0.05, 0.1) is 0 Å². The summed E-state index contributed by atoms with van der Waals surface area (Å²) in [5.41, 5.74) is 0. The van der Waals surface area contributed by atoms with Crippen molar-refractivity contribution in [1.82, 2.24) is 0 Å². The van der Waals surface area contributed by atoms with Crippen molar-refractivity contribution in [3.63, 3.8) is 0 Å². The zero-order valence-corrected chi connectivity index (χ0v) is 6.69. The molecule has 0 rings (SSSR count). The van der Waals surface area contributed by atoms with Crippen molar-refractivity contribution in [3.8, 4) is 0 Å². The van der Waals surface area contributed by atoms with Gasteiger partial charge in [-0.15, -0.1) is 0 Å². The summed E-state index contributed by atoms with van der Waals surface area (Å²) >= 11 is 0. The third-order valence-electron chi connectivity index (χ3n) is 0. The smallest absolute Gasteiger partial charge is 0 e. The summed E-state index contributed by atoms with van der Waals surface area (Å²) < 4.78 is 0. The Hall–Kier alpha value is -0.341. The fourth-order valence-electron chi connectivity index (χ4n) is 0. The van der Waals surface area contributed by atoms with E-state index in [0.717, 1.165) is 0 Å². The summed E-state index contributed by atoms with van der Waals surface area (Å²) in [5.74, 6) is 0. The minimum atomic E-state index is 0. The van der Waals surface area contributed by atoms with Crippen LogP contribution in [0.1, 0.15) is 0 Å². The Kier molecular flexibility index (Phi) is 11000. The third-order valence-corrected chi connectivity index (χ3v) is 0. The minimum Gasteiger partial charge on any atom is -0.545 e. The molecular weight excluding hydrogens is 288 g/mol. The number of rotatable bonds is 0. The summed E-state index contributed by atoms with van der Waals surface area (Å²) in [6.07, 6.45) is 0. The maximum atomic E-state index is 7.75. The van der Waals surface area contributed by atoms with Crippen LogP contribution in [0, 0.1) is 7.43 Å². The molecule has 1 radical (unpaired) electrons. The summed E-state index contributed by atoms with van der Waals surface area (Å²) in [5, 5.41) is 0. The molecule has 4 heteroatoms. The second-order valence-corrected chi connectivity index (χ2v) is 0. The second kappa shape index (κ2) is 1840. The Labute approximate surface area is 62.8 Å². The molecule has 0 heterocycles. The van der Waals surface area contributed by atoms with Crippen molar-refractivity contribution in [2.45, 2.75) is 0 Å². The Bertz CT molecular complexity index is 16.0. The molecule has 0 amide bonds. The quantitative estimate of drug-likeness (QED) is 0.452. The van der Waals surface area contributed by atoms with E-state index in [1.807, 2.05) is 0 Å². The summed E-state index contributed by atoms with van der Waals surface area (Å²) in [4.78, 5) is 23.2. The van der Waals surface area contributed by atoms with Crippen LogP contribution >= 0.6 is 0 Å². The molecule has 0 aliphatic rings. The SMILES string of the molecule is [CH-]=O.[CH-]=O.[CH-]=O.[CH3-].[Ir]. The first-order valence-corrected chi connectivity index (χ1v) is 0.707. The molecule has 0 saturated heterocycles. The van der Waals surface area contributed by atoms with E-state index in [9.17, 15) is 0 Å². The van der Waals surface area contributed by atoms with Gasteiger partial charge in [0.15, 0.2) is 0 Å². The van der Waals surface area contributed by atoms with Crippen LogP contribution in [0.3, 0.4) is 0 Å². The summed E-state index contributed by atoms with van der Waals surface area (Å²) in [6, 6.07) is 0. The van der Waals surface area contributed by atoms with E-state index in [1.165, 1.54) is 0 Å². The van der Waals surface area contributed by atoms with Gasteiger partial charge in [-0.05, 0) is 0 Å². The van der Waals surface area contributed by atoms with Crippen LogP contribution in [0.2, 0.25) is 0 Å². The largest absolute Gasteiger partial charge is 0.545 e. The maximum Gasteiger partial charge on any atom is 0 e. The van der Waals surface area contributed by atoms with Crippen LogP contribution in [-0.4, -0.2) is 20.4 Å². The molecule has 53 valence electrons. The third kappa shape index (κ3) is 1060. The zero-order valence-electron chi connectivity index (χ0n) is 4.29. The van der Waals surface area contributed by atoms with Crippen molar-refractivity contribution in [2.24, 2.45) is 0 Å². The molecule has 0 atom stereocenters. The molecule has 0 unspecified atom stereocenters. The second-order valence-electron chi connectivity index (χ2n) is 0. The Balaban J connectivity index is -0.00000000500. The van der Waals surface area contributed by atoms with E-state index in [4.69, 9.17) is 14.4 Å². The van der Waals surface area contributed by atoms with E-state index in [0.29, 0.717) is 0 Å². The number of hydrogen-bond acceptors (Lipinski definition) is 3. The Morgan fingerprint density at radius 1 is 0.625 bits per heavy atom. The van der Waals surface area contributed by atoms with Gasteiger partial charge in [0.1, 0.15) is 0 Å². The van der Waals surface area contributed by atoms with Crippen LogP contribution in [0.4, 0.5) is 0 Å². The van der Waals surface area contributed by atoms with Crippen molar-refractivity contribution < 1.29 is 34.5 Å². The molecule has 0 bridgehead atoms. The Morgan fingerprint density at radius 3 is 0.625 bits per heavy atom. The Morgan fingerprint density at radius 2 is 0.625 bits per heavy atom. The van der Waals surface area contributed by atoms with Gasteiger partial charge in [-0.2, -0.15) is 0 Å². The first kappa shape index (κ1) is 48.0. The molecule has 8 heavy (non-hydrogen) atoms. The van der Waals surface area contributed by atoms with Crippen molar-refractivity contribution in [3.05, 3.63) is 7.43 Å². The fraction of sp³-hybridized carbons (Fsp3) is 0.